The van der Waals surface area contributed by atoms with Crippen molar-refractivity contribution in [2.24, 2.45) is 0 Å². The van der Waals surface area contributed by atoms with Crippen LogP contribution in [0.15, 0.2) is 291 Å². The van der Waals surface area contributed by atoms with Crippen LogP contribution < -0.4 is 42.4 Å². The van der Waals surface area contributed by atoms with Gasteiger partial charge in [0.1, 0.15) is 0 Å². The number of hydrogen-bond acceptors (Lipinski definition) is 0. The van der Waals surface area contributed by atoms with E-state index in [0.717, 1.165) is 12.8 Å². The highest BCUT2D eigenvalue weighted by Gasteiger charge is 2.37. The summed E-state index contributed by atoms with van der Waals surface area (Å²) < 4.78 is 0. The third-order valence-corrected chi connectivity index (χ3v) is 29.3. The first kappa shape index (κ1) is 67.8. The van der Waals surface area contributed by atoms with Crippen molar-refractivity contribution in [2.45, 2.75) is 119 Å². The van der Waals surface area contributed by atoms with Crippen LogP contribution in [0.25, 0.3) is 0 Å². The van der Waals surface area contributed by atoms with Gasteiger partial charge in [-0.2, -0.15) is 0 Å². The van der Waals surface area contributed by atoms with E-state index in [1.165, 1.54) is 131 Å². The van der Waals surface area contributed by atoms with Gasteiger partial charge in [-0.05, 0) is 192 Å². The van der Waals surface area contributed by atoms with E-state index in [4.69, 9.17) is 0 Å². The minimum atomic E-state index is -0.755. The van der Waals surface area contributed by atoms with Crippen molar-refractivity contribution in [3.05, 3.63) is 380 Å². The van der Waals surface area contributed by atoms with Gasteiger partial charge in [0.05, 0.1) is 0 Å². The quantitative estimate of drug-likeness (QED) is 0.0667. The van der Waals surface area contributed by atoms with E-state index in [0.29, 0.717) is 22.6 Å². The molecule has 0 fully saturated rings. The summed E-state index contributed by atoms with van der Waals surface area (Å²) in [7, 11) is -2.91. The molecule has 0 saturated heterocycles. The molecule has 0 N–H and O–H groups in total. The molecule has 12 rings (SSSR count). The zero-order chi connectivity index (χ0) is 65.8. The second-order valence-corrected chi connectivity index (χ2v) is 36.0. The fourth-order valence-corrected chi connectivity index (χ4v) is 26.5. The predicted octanol–water partition coefficient (Wildman–Crippen LogP) is 22.0. The largest absolute Gasteiger partial charge is 0.0622 e. The molecular weight excluding hydrogens is 1200 g/mol. The molecule has 0 heterocycles. The van der Waals surface area contributed by atoms with Crippen molar-refractivity contribution < 1.29 is 0 Å². The highest BCUT2D eigenvalue weighted by Crippen LogP contribution is 2.63. The molecule has 4 unspecified atom stereocenters. The van der Waals surface area contributed by atoms with E-state index in [9.17, 15) is 0 Å². The third kappa shape index (κ3) is 17.2. The van der Waals surface area contributed by atoms with Crippen LogP contribution in [0.5, 0.6) is 0 Å². The summed E-state index contributed by atoms with van der Waals surface area (Å²) in [6.45, 7) is 26.8. The molecule has 0 aliphatic heterocycles. The second-order valence-electron chi connectivity index (χ2n) is 26.4. The maximum absolute atomic E-state index is 2.47. The van der Waals surface area contributed by atoms with Gasteiger partial charge in [-0.3, -0.25) is 0 Å². The molecule has 0 radical (unpaired) electrons. The molecule has 0 aromatic heterocycles. The second kappa shape index (κ2) is 31.7. The smallest absolute Gasteiger partial charge is 0.0131 e. The molecule has 0 bridgehead atoms. The molecular formula is C90H92P4. The molecule has 0 spiro atoms. The van der Waals surface area contributed by atoms with Crippen LogP contribution in [-0.2, 0) is 0 Å². The topological polar surface area (TPSA) is 0 Å². The molecule has 12 aromatic rings. The minimum Gasteiger partial charge on any atom is -0.0622 e. The first-order valence-electron chi connectivity index (χ1n) is 33.5. The summed E-state index contributed by atoms with van der Waals surface area (Å²) in [6.07, 6.45) is 2.10. The number of aryl methyl sites for hydroxylation is 12. The number of hydrogen-bond donors (Lipinski definition) is 0. The molecule has 94 heavy (non-hydrogen) atoms. The van der Waals surface area contributed by atoms with E-state index in [-0.39, 0.29) is 0 Å². The first-order valence-corrected chi connectivity index (χ1v) is 39.1. The summed E-state index contributed by atoms with van der Waals surface area (Å²) in [5.74, 6) is 0. The maximum atomic E-state index is 2.47. The van der Waals surface area contributed by atoms with Crippen molar-refractivity contribution in [1.82, 2.24) is 0 Å². The molecule has 0 amide bonds. The Morgan fingerprint density at radius 2 is 0.330 bits per heavy atom. The fourth-order valence-electron chi connectivity index (χ4n) is 13.9. The first-order chi connectivity index (χ1) is 45.5. The maximum Gasteiger partial charge on any atom is 0.0131 e. The van der Waals surface area contributed by atoms with Crippen LogP contribution in [0, 0.1) is 83.1 Å². The Kier molecular flexibility index (Phi) is 22.9. The van der Waals surface area contributed by atoms with Gasteiger partial charge in [0.15, 0.2) is 0 Å². The van der Waals surface area contributed by atoms with Crippen molar-refractivity contribution in [1.29, 1.82) is 0 Å². The SMILES string of the molecule is Cc1cc(C)cc(P(c2cc(C)cc(C)c2)C(CC(c2ccccc2)P(c2cc(C)cc(C)c2)c2cc(C)cc(C)c2)c2ccccc2)c1.Cc1ccc(P(c2ccc(C)cc2)C(CC(c2ccccc2)P(c2ccc(C)cc2)c2ccc(C)cc2)c2ccccc2)cc1. The highest BCUT2D eigenvalue weighted by atomic mass is 31.1. The van der Waals surface area contributed by atoms with E-state index < -0.39 is 31.7 Å². The van der Waals surface area contributed by atoms with E-state index in [1.54, 1.807) is 0 Å². The van der Waals surface area contributed by atoms with E-state index in [2.05, 4.69) is 374 Å². The Bertz CT molecular complexity index is 3830. The Labute approximate surface area is 569 Å². The number of benzene rings is 12. The van der Waals surface area contributed by atoms with Crippen LogP contribution in [0.2, 0.25) is 0 Å². The van der Waals surface area contributed by atoms with Gasteiger partial charge in [-0.1, -0.05) is 358 Å². The van der Waals surface area contributed by atoms with Crippen LogP contribution in [0.4, 0.5) is 0 Å². The van der Waals surface area contributed by atoms with Gasteiger partial charge in [0.2, 0.25) is 0 Å². The lowest BCUT2D eigenvalue weighted by Gasteiger charge is -2.37. The number of rotatable bonds is 20. The zero-order valence-electron chi connectivity index (χ0n) is 57.2. The van der Waals surface area contributed by atoms with Crippen molar-refractivity contribution in [3.63, 3.8) is 0 Å². The van der Waals surface area contributed by atoms with Gasteiger partial charge in [0, 0.05) is 22.6 Å². The predicted molar refractivity (Wildman–Crippen MR) is 419 cm³/mol. The van der Waals surface area contributed by atoms with Gasteiger partial charge < -0.3 is 0 Å². The molecule has 0 aliphatic rings. The Morgan fingerprint density at radius 1 is 0.170 bits per heavy atom. The summed E-state index contributed by atoms with van der Waals surface area (Å²) >= 11 is 0. The summed E-state index contributed by atoms with van der Waals surface area (Å²) in [4.78, 5) is 0. The van der Waals surface area contributed by atoms with Crippen molar-refractivity contribution >= 4 is 74.1 Å². The normalized spacial score (nSPS) is 12.8. The minimum absolute atomic E-state index is 0.311. The molecule has 0 saturated carbocycles. The van der Waals surface area contributed by atoms with E-state index >= 15 is 0 Å². The van der Waals surface area contributed by atoms with Gasteiger partial charge in [0.25, 0.3) is 0 Å². The van der Waals surface area contributed by atoms with Gasteiger partial charge in [-0.25, -0.2) is 0 Å². The summed E-state index contributed by atoms with van der Waals surface area (Å²) in [5, 5.41) is 11.6. The molecule has 12 aromatic carbocycles. The highest BCUT2D eigenvalue weighted by molar-refractivity contribution is 7.75. The summed E-state index contributed by atoms with van der Waals surface area (Å²) in [6, 6.07) is 112. The fraction of sp³-hybridized carbons (Fsp3) is 0.200. The Morgan fingerprint density at radius 3 is 0.500 bits per heavy atom. The lowest BCUT2D eigenvalue weighted by Crippen LogP contribution is -2.23. The lowest BCUT2D eigenvalue weighted by atomic mass is 10.0. The van der Waals surface area contributed by atoms with Crippen LogP contribution in [-0.4, -0.2) is 0 Å². The van der Waals surface area contributed by atoms with Crippen LogP contribution in [0.3, 0.4) is 0 Å². The van der Waals surface area contributed by atoms with Crippen LogP contribution >= 0.6 is 31.7 Å². The Hall–Kier alpha value is -7.64. The summed E-state index contributed by atoms with van der Waals surface area (Å²) in [5.41, 5.74) is 22.9. The zero-order valence-corrected chi connectivity index (χ0v) is 60.8. The van der Waals surface area contributed by atoms with Crippen molar-refractivity contribution in [2.75, 3.05) is 0 Å². The van der Waals surface area contributed by atoms with Gasteiger partial charge >= 0.3 is 0 Å². The monoisotopic (exact) mass is 1300 g/mol. The molecule has 0 nitrogen and oxygen atoms in total. The molecule has 472 valence electrons. The lowest BCUT2D eigenvalue weighted by molar-refractivity contribution is 0.775. The average molecular weight is 1300 g/mol. The molecule has 4 atom stereocenters. The van der Waals surface area contributed by atoms with Crippen molar-refractivity contribution in [3.8, 4) is 0 Å². The average Bonchev–Trinajstić information content (AvgIpc) is 0.783. The standard InChI is InChI=1S/C47H50P2.C43H42P2/c1-32-19-33(2)24-42(23-32)48(43-25-34(3)20-35(4)26-43)46(40-15-11-9-12-16-40)31-47(41-17-13-10-14-18-41)49(44-27-36(5)21-37(6)28-44)45-29-38(7)22-39(8)30-45;1-32-15-23-38(24-16-32)44(39-25-17-33(2)18-26-39)42(36-11-7-5-8-12-36)31-43(37-13-9-6-10-14-37)45(40-27-19-34(3)20-28-40)41-29-21-35(4)22-30-41/h9-30,46-47H,31H2,1-8H3;5-30,42-43H,31H2,1-4H3. The van der Waals surface area contributed by atoms with Crippen LogP contribution in [0.1, 0.15) is 124 Å². The third-order valence-electron chi connectivity index (χ3n) is 18.1. The van der Waals surface area contributed by atoms with Gasteiger partial charge in [-0.15, -0.1) is 0 Å². The Balaban J connectivity index is 0.000000192. The molecule has 0 aliphatic carbocycles. The molecule has 4 heteroatoms. The van der Waals surface area contributed by atoms with E-state index in [1.807, 2.05) is 0 Å².